The third-order valence-corrected chi connectivity index (χ3v) is 5.63. The van der Waals surface area contributed by atoms with Crippen molar-refractivity contribution in [2.45, 2.75) is 19.3 Å². The van der Waals surface area contributed by atoms with Gasteiger partial charge in [0, 0.05) is 34.1 Å². The highest BCUT2D eigenvalue weighted by molar-refractivity contribution is 6.10. The molecular weight excluding hydrogens is 392 g/mol. The summed E-state index contributed by atoms with van der Waals surface area (Å²) < 4.78 is 5.06. The van der Waals surface area contributed by atoms with Crippen molar-refractivity contribution in [2.24, 2.45) is 0 Å². The fourth-order valence-corrected chi connectivity index (χ4v) is 4.04. The Morgan fingerprint density at radius 2 is 1.68 bits per heavy atom. The van der Waals surface area contributed by atoms with E-state index >= 15 is 0 Å². The molecule has 0 radical (unpaired) electrons. The highest BCUT2D eigenvalue weighted by Crippen LogP contribution is 2.51. The van der Waals surface area contributed by atoms with Gasteiger partial charge >= 0.3 is 0 Å². The Morgan fingerprint density at radius 1 is 1.00 bits per heavy atom. The number of nitro groups is 1. The summed E-state index contributed by atoms with van der Waals surface area (Å²) in [6.45, 7) is 4.25. The van der Waals surface area contributed by atoms with E-state index in [2.05, 4.69) is 30.9 Å². The number of hydrogen-bond donors (Lipinski definition) is 0. The first-order chi connectivity index (χ1) is 14.8. The molecule has 2 aromatic carbocycles. The number of Topliss-reactive ketones (excluding diaryl/α,β-unsaturated/α-hetero) is 1. The second kappa shape index (κ2) is 7.72. The number of rotatable bonds is 4. The van der Waals surface area contributed by atoms with E-state index in [1.54, 1.807) is 6.08 Å². The quantitative estimate of drug-likeness (QED) is 0.391. The van der Waals surface area contributed by atoms with Crippen molar-refractivity contribution in [3.05, 3.63) is 117 Å². The smallest absolute Gasteiger partial charge is 0.274 e. The third-order valence-electron chi connectivity index (χ3n) is 5.63. The molecular formula is C25H22N2O4. The number of nitrogens with zero attached hydrogens (tertiary/aromatic N) is 2. The number of hydrogen-bond acceptors (Lipinski definition) is 5. The van der Waals surface area contributed by atoms with Crippen LogP contribution >= 0.6 is 0 Å². The molecule has 31 heavy (non-hydrogen) atoms. The lowest BCUT2D eigenvalue weighted by Gasteiger charge is -2.27. The molecule has 1 aliphatic heterocycles. The molecule has 4 rings (SSSR count). The van der Waals surface area contributed by atoms with Crippen molar-refractivity contribution in [3.63, 3.8) is 0 Å². The minimum atomic E-state index is -0.530. The van der Waals surface area contributed by atoms with Crippen molar-refractivity contribution in [1.82, 2.24) is 0 Å². The second-order valence-electron chi connectivity index (χ2n) is 7.86. The highest BCUT2D eigenvalue weighted by atomic mass is 16.6. The Kier molecular flexibility index (Phi) is 5.07. The largest absolute Gasteiger partial charge is 0.492 e. The average Bonchev–Trinajstić information content (AvgIpc) is 3.00. The van der Waals surface area contributed by atoms with Gasteiger partial charge in [0.1, 0.15) is 0 Å². The summed E-state index contributed by atoms with van der Waals surface area (Å²) in [6.07, 6.45) is 5.94. The van der Waals surface area contributed by atoms with Crippen molar-refractivity contribution in [2.75, 3.05) is 12.0 Å². The predicted octanol–water partition coefficient (Wildman–Crippen LogP) is 5.20. The van der Waals surface area contributed by atoms with Crippen LogP contribution in [-0.2, 0) is 14.9 Å². The van der Waals surface area contributed by atoms with Crippen LogP contribution < -0.4 is 4.90 Å². The maximum atomic E-state index is 12.7. The molecule has 1 heterocycles. The normalized spacial score (nSPS) is 19.8. The molecule has 6 nitrogen and oxygen atoms in total. The fourth-order valence-electron chi connectivity index (χ4n) is 4.04. The van der Waals surface area contributed by atoms with Gasteiger partial charge < -0.3 is 9.64 Å². The van der Waals surface area contributed by atoms with Crippen LogP contribution in [0.2, 0.25) is 0 Å². The summed E-state index contributed by atoms with van der Waals surface area (Å²) in [5.74, 6) is -0.433. The molecule has 2 aliphatic rings. The van der Waals surface area contributed by atoms with E-state index in [1.165, 1.54) is 13.2 Å². The summed E-state index contributed by atoms with van der Waals surface area (Å²) >= 11 is 0. The van der Waals surface area contributed by atoms with Crippen LogP contribution in [0, 0.1) is 10.1 Å². The van der Waals surface area contributed by atoms with Gasteiger partial charge in [0.25, 0.3) is 5.70 Å². The van der Waals surface area contributed by atoms with E-state index in [4.69, 9.17) is 4.74 Å². The first kappa shape index (κ1) is 20.3. The zero-order valence-electron chi connectivity index (χ0n) is 17.5. The van der Waals surface area contributed by atoms with Crippen LogP contribution in [0.4, 0.5) is 11.4 Å². The van der Waals surface area contributed by atoms with Crippen LogP contribution in [0.1, 0.15) is 19.4 Å². The molecule has 0 N–H and O–H groups in total. The molecule has 156 valence electrons. The SMILES string of the molecule is COC1=CC([N+](=O)[O-])=C/C(=C/C=C2/N(c3ccccc3)c3ccccc3C2(C)C)C1=O. The van der Waals surface area contributed by atoms with Crippen LogP contribution in [0.3, 0.4) is 0 Å². The number of ketones is 1. The maximum absolute atomic E-state index is 12.7. The zero-order valence-corrected chi connectivity index (χ0v) is 17.5. The van der Waals surface area contributed by atoms with E-state index < -0.39 is 4.92 Å². The van der Waals surface area contributed by atoms with Gasteiger partial charge in [-0.3, -0.25) is 14.9 Å². The van der Waals surface area contributed by atoms with Gasteiger partial charge in [-0.1, -0.05) is 50.2 Å². The summed E-state index contributed by atoms with van der Waals surface area (Å²) in [4.78, 5) is 25.6. The topological polar surface area (TPSA) is 72.7 Å². The minimum absolute atomic E-state index is 0.0484. The summed E-state index contributed by atoms with van der Waals surface area (Å²) in [5, 5.41) is 11.3. The molecule has 0 saturated heterocycles. The molecule has 6 heteroatoms. The lowest BCUT2D eigenvalue weighted by atomic mass is 9.83. The van der Waals surface area contributed by atoms with Crippen molar-refractivity contribution >= 4 is 17.2 Å². The molecule has 2 aromatic rings. The van der Waals surface area contributed by atoms with Crippen LogP contribution in [-0.4, -0.2) is 17.8 Å². The first-order valence-electron chi connectivity index (χ1n) is 9.88. The molecule has 0 spiro atoms. The summed E-state index contributed by atoms with van der Waals surface area (Å²) in [6, 6.07) is 18.2. The lowest BCUT2D eigenvalue weighted by Crippen LogP contribution is -2.22. The molecule has 1 aliphatic carbocycles. The van der Waals surface area contributed by atoms with Crippen molar-refractivity contribution in [3.8, 4) is 0 Å². The number of carbonyl (C=O) groups excluding carboxylic acids is 1. The van der Waals surface area contributed by atoms with Gasteiger partial charge in [0.15, 0.2) is 5.76 Å². The predicted molar refractivity (Wildman–Crippen MR) is 119 cm³/mol. The second-order valence-corrected chi connectivity index (χ2v) is 7.86. The molecule has 0 fully saturated rings. The minimum Gasteiger partial charge on any atom is -0.492 e. The monoisotopic (exact) mass is 414 g/mol. The molecule has 0 bridgehead atoms. The molecule has 0 aromatic heterocycles. The summed E-state index contributed by atoms with van der Waals surface area (Å²) in [7, 11) is 1.33. The van der Waals surface area contributed by atoms with Crippen LogP contribution in [0.15, 0.2) is 102 Å². The number of anilines is 2. The van der Waals surface area contributed by atoms with Gasteiger partial charge in [-0.25, -0.2) is 0 Å². The zero-order chi connectivity index (χ0) is 22.2. The third kappa shape index (κ3) is 3.46. The Morgan fingerprint density at radius 3 is 2.35 bits per heavy atom. The number of fused-ring (bicyclic) bond motifs is 1. The number of carbonyl (C=O) groups is 1. The Hall–Kier alpha value is -3.93. The Bertz CT molecular complexity index is 1190. The molecule has 0 unspecified atom stereocenters. The Balaban J connectivity index is 1.86. The van der Waals surface area contributed by atoms with Crippen molar-refractivity contribution < 1.29 is 14.5 Å². The number of ether oxygens (including phenoxy) is 1. The van der Waals surface area contributed by atoms with Gasteiger partial charge in [0.05, 0.1) is 18.1 Å². The van der Waals surface area contributed by atoms with Gasteiger partial charge in [-0.2, -0.15) is 0 Å². The fraction of sp³-hybridized carbons (Fsp3) is 0.160. The number of benzene rings is 2. The summed E-state index contributed by atoms with van der Waals surface area (Å²) in [5.41, 5.74) is 3.88. The lowest BCUT2D eigenvalue weighted by molar-refractivity contribution is -0.419. The number of allylic oxidation sites excluding steroid dienone is 6. The highest BCUT2D eigenvalue weighted by Gasteiger charge is 2.40. The number of para-hydroxylation sites is 2. The van der Waals surface area contributed by atoms with Gasteiger partial charge in [0.2, 0.25) is 5.78 Å². The van der Waals surface area contributed by atoms with E-state index in [-0.39, 0.29) is 28.2 Å². The molecule has 0 amide bonds. The first-order valence-corrected chi connectivity index (χ1v) is 9.88. The van der Waals surface area contributed by atoms with E-state index in [0.29, 0.717) is 0 Å². The average molecular weight is 414 g/mol. The van der Waals surface area contributed by atoms with Crippen molar-refractivity contribution in [1.29, 1.82) is 0 Å². The maximum Gasteiger partial charge on any atom is 0.274 e. The standard InChI is InChI=1S/C25H22N2O4/c1-25(2)20-11-7-8-12-21(20)26(18-9-5-4-6-10-18)23(25)14-13-17-15-19(27(29)30)16-22(31-3)24(17)28/h4-16H,1-3H3/b17-13-,23-14+. The molecule has 0 saturated carbocycles. The molecule has 0 atom stereocenters. The Labute approximate surface area is 180 Å². The van der Waals surface area contributed by atoms with E-state index in [9.17, 15) is 14.9 Å². The van der Waals surface area contributed by atoms with Gasteiger partial charge in [-0.15, -0.1) is 0 Å². The van der Waals surface area contributed by atoms with Crippen LogP contribution in [0.5, 0.6) is 0 Å². The van der Waals surface area contributed by atoms with Gasteiger partial charge in [-0.05, 0) is 35.9 Å². The number of methoxy groups -OCH3 is 1. The van der Waals surface area contributed by atoms with E-state index in [0.717, 1.165) is 28.7 Å². The van der Waals surface area contributed by atoms with E-state index in [1.807, 2.05) is 48.5 Å². The van der Waals surface area contributed by atoms with Crippen LogP contribution in [0.25, 0.3) is 0 Å².